The van der Waals surface area contributed by atoms with Gasteiger partial charge in [0.25, 0.3) is 5.91 Å². The minimum atomic E-state index is -0.293. The van der Waals surface area contributed by atoms with E-state index in [1.54, 1.807) is 37.4 Å². The molecule has 0 fully saturated rings. The number of aromatic nitrogens is 1. The van der Waals surface area contributed by atoms with Crippen molar-refractivity contribution >= 4 is 17.3 Å². The lowest BCUT2D eigenvalue weighted by Gasteiger charge is -2.08. The van der Waals surface area contributed by atoms with Crippen LogP contribution in [0, 0.1) is 6.92 Å². The van der Waals surface area contributed by atoms with E-state index in [2.05, 4.69) is 10.3 Å². The highest BCUT2D eigenvalue weighted by molar-refractivity contribution is 6.07. The summed E-state index contributed by atoms with van der Waals surface area (Å²) >= 11 is 0. The third kappa shape index (κ3) is 3.01. The lowest BCUT2D eigenvalue weighted by atomic mass is 10.2. The Labute approximate surface area is 111 Å². The molecule has 0 spiro atoms. The van der Waals surface area contributed by atoms with Gasteiger partial charge < -0.3 is 15.8 Å². The average Bonchev–Trinajstić information content (AvgIpc) is 2.38. The molecule has 2 aromatic rings. The fourth-order valence-electron chi connectivity index (χ4n) is 1.67. The molecule has 0 aliphatic heterocycles. The third-order valence-corrected chi connectivity index (χ3v) is 2.64. The number of pyridine rings is 1. The molecule has 1 aromatic carbocycles. The Bertz CT molecular complexity index is 611. The summed E-state index contributed by atoms with van der Waals surface area (Å²) in [6, 6.07) is 8.77. The van der Waals surface area contributed by atoms with Crippen molar-refractivity contribution in [3.05, 3.63) is 47.8 Å². The van der Waals surface area contributed by atoms with Gasteiger partial charge in [-0.15, -0.1) is 0 Å². The second-order valence-electron chi connectivity index (χ2n) is 4.10. The van der Waals surface area contributed by atoms with E-state index in [9.17, 15) is 4.79 Å². The average molecular weight is 257 g/mol. The number of nitrogens with zero attached hydrogens (tertiary/aromatic N) is 1. The molecule has 0 atom stereocenters. The summed E-state index contributed by atoms with van der Waals surface area (Å²) in [4.78, 5) is 16.1. The number of hydrogen-bond donors (Lipinski definition) is 2. The van der Waals surface area contributed by atoms with Gasteiger partial charge in [0.1, 0.15) is 5.75 Å². The molecule has 19 heavy (non-hydrogen) atoms. The van der Waals surface area contributed by atoms with Crippen molar-refractivity contribution in [1.29, 1.82) is 0 Å². The summed E-state index contributed by atoms with van der Waals surface area (Å²) in [5.41, 5.74) is 7.99. The third-order valence-electron chi connectivity index (χ3n) is 2.64. The van der Waals surface area contributed by atoms with Crippen molar-refractivity contribution in [2.24, 2.45) is 0 Å². The number of carbonyl (C=O) groups is 1. The maximum absolute atomic E-state index is 12.1. The molecule has 5 heteroatoms. The zero-order valence-corrected chi connectivity index (χ0v) is 10.8. The van der Waals surface area contributed by atoms with Gasteiger partial charge in [-0.05, 0) is 25.1 Å². The van der Waals surface area contributed by atoms with Crippen LogP contribution in [0.3, 0.4) is 0 Å². The Morgan fingerprint density at radius 2 is 2.16 bits per heavy atom. The number of rotatable bonds is 3. The molecule has 1 aromatic heterocycles. The summed E-state index contributed by atoms with van der Waals surface area (Å²) in [7, 11) is 1.57. The van der Waals surface area contributed by atoms with E-state index in [-0.39, 0.29) is 5.91 Å². The van der Waals surface area contributed by atoms with Crippen molar-refractivity contribution in [2.75, 3.05) is 18.2 Å². The Balaban J connectivity index is 2.20. The van der Waals surface area contributed by atoms with Crippen molar-refractivity contribution in [1.82, 2.24) is 4.98 Å². The van der Waals surface area contributed by atoms with Gasteiger partial charge in [0.2, 0.25) is 0 Å². The zero-order valence-electron chi connectivity index (χ0n) is 10.8. The molecule has 1 amide bonds. The van der Waals surface area contributed by atoms with Crippen LogP contribution >= 0.6 is 0 Å². The molecule has 3 N–H and O–H groups in total. The highest BCUT2D eigenvalue weighted by Crippen LogP contribution is 2.19. The first kappa shape index (κ1) is 12.9. The first-order chi connectivity index (χ1) is 9.10. The highest BCUT2D eigenvalue weighted by Gasteiger charge is 2.11. The van der Waals surface area contributed by atoms with Gasteiger partial charge >= 0.3 is 0 Å². The van der Waals surface area contributed by atoms with Crippen molar-refractivity contribution in [2.45, 2.75) is 6.92 Å². The number of nitrogens with one attached hydrogen (secondary N) is 1. The number of methoxy groups -OCH3 is 1. The predicted molar refractivity (Wildman–Crippen MR) is 74.3 cm³/mol. The van der Waals surface area contributed by atoms with Crippen molar-refractivity contribution in [3.8, 4) is 5.75 Å². The molecule has 0 saturated heterocycles. The van der Waals surface area contributed by atoms with Crippen LogP contribution in [0.5, 0.6) is 5.75 Å². The molecular formula is C14H15N3O2. The monoisotopic (exact) mass is 257 g/mol. The van der Waals surface area contributed by atoms with Crippen LogP contribution in [0.2, 0.25) is 0 Å². The van der Waals surface area contributed by atoms with Crippen LogP contribution in [0.1, 0.15) is 16.1 Å². The highest BCUT2D eigenvalue weighted by atomic mass is 16.5. The lowest BCUT2D eigenvalue weighted by molar-refractivity contribution is 0.102. The smallest absolute Gasteiger partial charge is 0.259 e. The van der Waals surface area contributed by atoms with Gasteiger partial charge in [-0.3, -0.25) is 9.78 Å². The normalized spacial score (nSPS) is 10.0. The van der Waals surface area contributed by atoms with E-state index < -0.39 is 0 Å². The Hall–Kier alpha value is -2.56. The van der Waals surface area contributed by atoms with Crippen molar-refractivity contribution in [3.63, 3.8) is 0 Å². The van der Waals surface area contributed by atoms with Gasteiger partial charge in [0, 0.05) is 29.3 Å². The molecule has 0 aliphatic rings. The summed E-state index contributed by atoms with van der Waals surface area (Å²) in [6.07, 6.45) is 1.47. The van der Waals surface area contributed by atoms with E-state index in [1.165, 1.54) is 6.20 Å². The van der Waals surface area contributed by atoms with Crippen LogP contribution in [0.4, 0.5) is 11.4 Å². The minimum absolute atomic E-state index is 0.293. The van der Waals surface area contributed by atoms with E-state index >= 15 is 0 Å². The molecule has 2 rings (SSSR count). The Morgan fingerprint density at radius 1 is 1.37 bits per heavy atom. The maximum atomic E-state index is 12.1. The number of anilines is 2. The summed E-state index contributed by atoms with van der Waals surface area (Å²) in [5, 5.41) is 2.75. The topological polar surface area (TPSA) is 77.2 Å². The van der Waals surface area contributed by atoms with Crippen LogP contribution in [0.15, 0.2) is 36.5 Å². The molecule has 1 heterocycles. The lowest BCUT2D eigenvalue weighted by Crippen LogP contribution is -2.14. The zero-order chi connectivity index (χ0) is 13.8. The minimum Gasteiger partial charge on any atom is -0.497 e. The number of ether oxygens (including phenoxy) is 1. The van der Waals surface area contributed by atoms with Gasteiger partial charge in [0.05, 0.1) is 12.7 Å². The summed E-state index contributed by atoms with van der Waals surface area (Å²) < 4.78 is 5.09. The van der Waals surface area contributed by atoms with E-state index in [4.69, 9.17) is 10.5 Å². The second kappa shape index (κ2) is 5.39. The first-order valence-corrected chi connectivity index (χ1v) is 5.77. The SMILES string of the molecule is COc1cccc(NC(=O)c2cnc(C)cc2N)c1. The van der Waals surface area contributed by atoms with Crippen LogP contribution in [-0.2, 0) is 0 Å². The molecule has 0 saturated carbocycles. The van der Waals surface area contributed by atoms with Gasteiger partial charge in [-0.2, -0.15) is 0 Å². The van der Waals surface area contributed by atoms with Crippen LogP contribution < -0.4 is 15.8 Å². The second-order valence-corrected chi connectivity index (χ2v) is 4.10. The molecule has 0 aliphatic carbocycles. The number of aryl methyl sites for hydroxylation is 1. The molecular weight excluding hydrogens is 242 g/mol. The summed E-state index contributed by atoms with van der Waals surface area (Å²) in [5.74, 6) is 0.381. The van der Waals surface area contributed by atoms with E-state index in [0.29, 0.717) is 22.7 Å². The van der Waals surface area contributed by atoms with Crippen LogP contribution in [-0.4, -0.2) is 18.0 Å². The Morgan fingerprint density at radius 3 is 2.84 bits per heavy atom. The summed E-state index contributed by atoms with van der Waals surface area (Å²) in [6.45, 7) is 1.82. The quantitative estimate of drug-likeness (QED) is 0.884. The predicted octanol–water partition coefficient (Wildman–Crippen LogP) is 2.23. The largest absolute Gasteiger partial charge is 0.497 e. The number of carbonyl (C=O) groups excluding carboxylic acids is 1. The maximum Gasteiger partial charge on any atom is 0.259 e. The standard InChI is InChI=1S/C14H15N3O2/c1-9-6-13(15)12(8-16-9)14(18)17-10-4-3-5-11(7-10)19-2/h3-8H,1-2H3,(H2,15,16)(H,17,18). The Kier molecular flexibility index (Phi) is 3.66. The molecule has 98 valence electrons. The molecule has 5 nitrogen and oxygen atoms in total. The first-order valence-electron chi connectivity index (χ1n) is 5.77. The van der Waals surface area contributed by atoms with Gasteiger partial charge in [-0.25, -0.2) is 0 Å². The van der Waals surface area contributed by atoms with E-state index in [1.807, 2.05) is 6.92 Å². The number of nitrogens with two attached hydrogens (primary N) is 1. The number of nitrogen functional groups attached to an aromatic ring is 1. The number of amides is 1. The van der Waals surface area contributed by atoms with Gasteiger partial charge in [-0.1, -0.05) is 6.07 Å². The molecule has 0 unspecified atom stereocenters. The fraction of sp³-hybridized carbons (Fsp3) is 0.143. The van der Waals surface area contributed by atoms with E-state index in [0.717, 1.165) is 5.69 Å². The van der Waals surface area contributed by atoms with Crippen molar-refractivity contribution < 1.29 is 9.53 Å². The van der Waals surface area contributed by atoms with Crippen LogP contribution in [0.25, 0.3) is 0 Å². The molecule has 0 radical (unpaired) electrons. The number of hydrogen-bond acceptors (Lipinski definition) is 4. The number of benzene rings is 1. The van der Waals surface area contributed by atoms with Gasteiger partial charge in [0.15, 0.2) is 0 Å². The fourth-order valence-corrected chi connectivity index (χ4v) is 1.67. The molecule has 0 bridgehead atoms.